The van der Waals surface area contributed by atoms with Crippen molar-refractivity contribution in [1.29, 1.82) is 5.26 Å². The minimum absolute atomic E-state index is 0.00210. The number of nitriles is 1. The third-order valence-corrected chi connectivity index (χ3v) is 9.60. The van der Waals surface area contributed by atoms with E-state index in [1.54, 1.807) is 13.8 Å². The monoisotopic (exact) mass is 592 g/mol. The molecule has 4 fully saturated rings. The van der Waals surface area contributed by atoms with Crippen LogP contribution < -0.4 is 21.3 Å². The van der Waals surface area contributed by atoms with Gasteiger partial charge in [0.1, 0.15) is 30.8 Å². The van der Waals surface area contributed by atoms with Crippen molar-refractivity contribution in [2.24, 2.45) is 28.6 Å². The van der Waals surface area contributed by atoms with Crippen LogP contribution in [-0.4, -0.2) is 71.9 Å². The summed E-state index contributed by atoms with van der Waals surface area (Å²) in [4.78, 5) is 68.7. The van der Waals surface area contributed by atoms with E-state index in [0.29, 0.717) is 6.54 Å². The lowest BCUT2D eigenvalue weighted by Gasteiger charge is -2.49. The van der Waals surface area contributed by atoms with Crippen molar-refractivity contribution >= 4 is 29.7 Å². The van der Waals surface area contributed by atoms with Crippen LogP contribution in [0.4, 0.5) is 4.79 Å². The number of rotatable bonds is 3. The van der Waals surface area contributed by atoms with Crippen LogP contribution in [0, 0.1) is 39.9 Å². The van der Waals surface area contributed by atoms with E-state index < -0.39 is 59.3 Å². The third-order valence-electron chi connectivity index (χ3n) is 9.60. The predicted octanol–water partition coefficient (Wildman–Crippen LogP) is 1.21. The molecule has 0 spiro atoms. The van der Waals surface area contributed by atoms with Crippen LogP contribution in [0.15, 0.2) is 30.3 Å². The molecule has 5 amide bonds. The first kappa shape index (κ1) is 30.3. The Morgan fingerprint density at radius 3 is 2.42 bits per heavy atom. The Balaban J connectivity index is 1.47. The molecular formula is C31H40N6O6. The van der Waals surface area contributed by atoms with Gasteiger partial charge in [0.05, 0.1) is 6.07 Å². The van der Waals surface area contributed by atoms with Crippen molar-refractivity contribution in [2.45, 2.75) is 77.7 Å². The molecule has 12 nitrogen and oxygen atoms in total. The molecule has 0 radical (unpaired) electrons. The van der Waals surface area contributed by atoms with Crippen molar-refractivity contribution in [3.8, 4) is 6.07 Å². The largest absolute Gasteiger partial charge is 0.445 e. The topological polar surface area (TPSA) is 170 Å². The highest BCUT2D eigenvalue weighted by Gasteiger charge is 2.61. The van der Waals surface area contributed by atoms with Gasteiger partial charge in [-0.15, -0.1) is 0 Å². The van der Waals surface area contributed by atoms with Crippen molar-refractivity contribution in [3.05, 3.63) is 35.9 Å². The molecule has 4 N–H and O–H groups in total. The second-order valence-electron chi connectivity index (χ2n) is 13.7. The third kappa shape index (κ3) is 6.03. The Labute approximate surface area is 251 Å². The molecule has 3 aliphatic heterocycles. The first-order valence-corrected chi connectivity index (χ1v) is 14.9. The maximum atomic E-state index is 14.4. The van der Waals surface area contributed by atoms with Crippen molar-refractivity contribution in [2.75, 3.05) is 13.1 Å². The Kier molecular flexibility index (Phi) is 8.11. The zero-order valence-corrected chi connectivity index (χ0v) is 25.0. The first-order valence-electron chi connectivity index (χ1n) is 14.9. The SMILES string of the molecule is CC1(C)C[C@H]2CN3C(=O)[C@@H](NC(=O)OCc4ccccc4)C(C)(C)CNC(=O)[C@@H]4C[C@H](C[C@H](C#N)NC(=O)[C@@H]3[C@H]21)C(=O)N4. The van der Waals surface area contributed by atoms with Gasteiger partial charge in [-0.3, -0.25) is 19.2 Å². The van der Waals surface area contributed by atoms with E-state index in [-0.39, 0.29) is 49.2 Å². The number of hydrogen-bond donors (Lipinski definition) is 4. The van der Waals surface area contributed by atoms with E-state index in [2.05, 4.69) is 41.2 Å². The normalized spacial score (nSPS) is 33.2. The summed E-state index contributed by atoms with van der Waals surface area (Å²) < 4.78 is 5.45. The standard InChI is InChI=1S/C31H40N6O6/c1-30(2)12-19-14-37-23(22(19)30)27(40)34-20(13-32)10-18-11-21(35-25(18)38)26(39)33-16-31(3,4)24(28(37)41)36-29(42)43-15-17-8-6-5-7-9-17/h5-9,18-24H,10-12,14-16H2,1-4H3,(H,33,39)(H,34,40)(H,35,38)(H,36,42)/t18-,19-,20+,21-,22-,23-,24+/m0/s1. The summed E-state index contributed by atoms with van der Waals surface area (Å²) >= 11 is 0. The van der Waals surface area contributed by atoms with Crippen molar-refractivity contribution < 1.29 is 28.7 Å². The average molecular weight is 593 g/mol. The average Bonchev–Trinajstić information content (AvgIpc) is 3.50. The maximum absolute atomic E-state index is 14.4. The van der Waals surface area contributed by atoms with Crippen LogP contribution in [0.25, 0.3) is 0 Å². The highest BCUT2D eigenvalue weighted by molar-refractivity contribution is 5.94. The molecular weight excluding hydrogens is 552 g/mol. The highest BCUT2D eigenvalue weighted by Crippen LogP contribution is 2.57. The van der Waals surface area contributed by atoms with Crippen LogP contribution in [0.5, 0.6) is 0 Å². The lowest BCUT2D eigenvalue weighted by Crippen LogP contribution is -2.62. The predicted molar refractivity (Wildman–Crippen MR) is 153 cm³/mol. The molecule has 1 aromatic rings. The van der Waals surface area contributed by atoms with E-state index in [9.17, 15) is 29.2 Å². The molecule has 1 saturated carbocycles. The number of fused-ring (bicyclic) bond motifs is 5. The Hall–Kier alpha value is -4.14. The Bertz CT molecular complexity index is 1340. The molecule has 5 rings (SSSR count). The number of hydrogen-bond acceptors (Lipinski definition) is 7. The number of carbonyl (C=O) groups is 5. The maximum Gasteiger partial charge on any atom is 0.408 e. The molecule has 7 atom stereocenters. The van der Waals surface area contributed by atoms with Crippen molar-refractivity contribution in [3.63, 3.8) is 0 Å². The fraction of sp³-hybridized carbons (Fsp3) is 0.613. The van der Waals surface area contributed by atoms with E-state index >= 15 is 0 Å². The van der Waals surface area contributed by atoms with Crippen LogP contribution in [-0.2, 0) is 30.5 Å². The van der Waals surface area contributed by atoms with Gasteiger partial charge in [0.25, 0.3) is 0 Å². The molecule has 2 bridgehead atoms. The number of ether oxygens (including phenoxy) is 1. The Morgan fingerprint density at radius 2 is 1.74 bits per heavy atom. The summed E-state index contributed by atoms with van der Waals surface area (Å²) in [7, 11) is 0. The number of benzene rings is 1. The number of nitrogens with one attached hydrogen (secondary N) is 4. The molecule has 230 valence electrons. The minimum Gasteiger partial charge on any atom is -0.445 e. The smallest absolute Gasteiger partial charge is 0.408 e. The molecule has 1 aliphatic carbocycles. The fourth-order valence-corrected chi connectivity index (χ4v) is 7.35. The molecule has 0 aromatic heterocycles. The van der Waals surface area contributed by atoms with Gasteiger partial charge in [0, 0.05) is 24.4 Å². The molecule has 3 saturated heterocycles. The zero-order chi connectivity index (χ0) is 31.1. The summed E-state index contributed by atoms with van der Waals surface area (Å²) in [6, 6.07) is 7.40. The van der Waals surface area contributed by atoms with E-state index in [1.807, 2.05) is 30.3 Å². The van der Waals surface area contributed by atoms with E-state index in [4.69, 9.17) is 4.74 Å². The summed E-state index contributed by atoms with van der Waals surface area (Å²) in [5.74, 6) is -2.36. The van der Waals surface area contributed by atoms with Crippen LogP contribution in [0.2, 0.25) is 0 Å². The van der Waals surface area contributed by atoms with Gasteiger partial charge in [0.15, 0.2) is 0 Å². The zero-order valence-electron chi connectivity index (χ0n) is 25.0. The van der Waals surface area contributed by atoms with Gasteiger partial charge in [-0.2, -0.15) is 5.26 Å². The molecule has 1 aromatic carbocycles. The Morgan fingerprint density at radius 1 is 1.02 bits per heavy atom. The van der Waals surface area contributed by atoms with Gasteiger partial charge in [-0.05, 0) is 42.1 Å². The summed E-state index contributed by atoms with van der Waals surface area (Å²) in [5, 5.41) is 20.9. The fourth-order valence-electron chi connectivity index (χ4n) is 7.35. The van der Waals surface area contributed by atoms with E-state index in [0.717, 1.165) is 12.0 Å². The van der Waals surface area contributed by atoms with E-state index in [1.165, 1.54) is 4.90 Å². The number of carbonyl (C=O) groups excluding carboxylic acids is 5. The lowest BCUT2D eigenvalue weighted by molar-refractivity contribution is -0.144. The summed E-state index contributed by atoms with van der Waals surface area (Å²) in [6.07, 6.45) is 0.254. The quantitative estimate of drug-likeness (QED) is 0.409. The molecule has 3 heterocycles. The lowest BCUT2D eigenvalue weighted by atomic mass is 9.55. The van der Waals surface area contributed by atoms with Gasteiger partial charge < -0.3 is 30.9 Å². The first-order chi connectivity index (χ1) is 20.3. The second kappa shape index (κ2) is 11.5. The minimum atomic E-state index is -1.16. The molecule has 43 heavy (non-hydrogen) atoms. The van der Waals surface area contributed by atoms with Crippen LogP contribution in [0.1, 0.15) is 52.5 Å². The number of nitrogens with zero attached hydrogens (tertiary/aromatic N) is 2. The number of amides is 5. The van der Waals surface area contributed by atoms with Gasteiger partial charge in [-0.25, -0.2) is 4.79 Å². The highest BCUT2D eigenvalue weighted by atomic mass is 16.5. The molecule has 0 unspecified atom stereocenters. The second-order valence-corrected chi connectivity index (χ2v) is 13.7. The van der Waals surface area contributed by atoms with Crippen molar-refractivity contribution in [1.82, 2.24) is 26.2 Å². The number of alkyl carbamates (subject to hydrolysis) is 1. The molecule has 4 aliphatic rings. The summed E-state index contributed by atoms with van der Waals surface area (Å²) in [5.41, 5.74) is -0.461. The summed E-state index contributed by atoms with van der Waals surface area (Å²) in [6.45, 7) is 7.94. The van der Waals surface area contributed by atoms with Gasteiger partial charge in [-0.1, -0.05) is 58.0 Å². The van der Waals surface area contributed by atoms with Crippen LogP contribution in [0.3, 0.4) is 0 Å². The van der Waals surface area contributed by atoms with Crippen LogP contribution >= 0.6 is 0 Å². The van der Waals surface area contributed by atoms with Gasteiger partial charge in [0.2, 0.25) is 23.6 Å². The van der Waals surface area contributed by atoms with Gasteiger partial charge >= 0.3 is 6.09 Å². The molecule has 12 heteroatoms.